The molecule has 0 spiro atoms. The minimum absolute atomic E-state index is 0.0670. The molecule has 0 radical (unpaired) electrons. The molecular weight excluding hydrogens is 402 g/mol. The molecule has 2 aromatic heterocycles. The van der Waals surface area contributed by atoms with Crippen LogP contribution in [-0.2, 0) is 24.2 Å². The summed E-state index contributed by atoms with van der Waals surface area (Å²) in [6.07, 6.45) is 5.65. The van der Waals surface area contributed by atoms with E-state index in [2.05, 4.69) is 20.5 Å². The fourth-order valence-corrected chi connectivity index (χ4v) is 4.56. The summed E-state index contributed by atoms with van der Waals surface area (Å²) in [7, 11) is 0. The molecule has 3 aromatic rings. The number of hydrogen-bond acceptors (Lipinski definition) is 5. The van der Waals surface area contributed by atoms with E-state index in [0.717, 1.165) is 24.1 Å². The molecule has 4 rings (SSSR count). The van der Waals surface area contributed by atoms with E-state index in [4.69, 9.17) is 23.8 Å². The molecule has 140 valence electrons. The molecule has 9 heteroatoms. The molecule has 0 bridgehead atoms. The molecule has 1 amide bonds. The van der Waals surface area contributed by atoms with Crippen LogP contribution in [-0.4, -0.2) is 25.7 Å². The number of carbonyl (C=O) groups is 1. The quantitative estimate of drug-likeness (QED) is 0.477. The predicted octanol–water partition coefficient (Wildman–Crippen LogP) is 4.63. The summed E-state index contributed by atoms with van der Waals surface area (Å²) in [6, 6.07) is 7.25. The minimum atomic E-state index is -0.174. The Morgan fingerprint density at radius 1 is 1.26 bits per heavy atom. The van der Waals surface area contributed by atoms with Gasteiger partial charge in [-0.3, -0.25) is 14.5 Å². The van der Waals surface area contributed by atoms with E-state index in [-0.39, 0.29) is 12.5 Å². The van der Waals surface area contributed by atoms with E-state index < -0.39 is 0 Å². The second-order valence-electron chi connectivity index (χ2n) is 6.44. The summed E-state index contributed by atoms with van der Waals surface area (Å²) in [5.41, 5.74) is 1.97. The molecule has 1 aromatic carbocycles. The summed E-state index contributed by atoms with van der Waals surface area (Å²) >= 11 is 12.8. The monoisotopic (exact) mass is 419 g/mol. The highest BCUT2D eigenvalue weighted by atomic mass is 35.5. The zero-order valence-corrected chi connectivity index (χ0v) is 16.9. The average molecular weight is 420 g/mol. The smallest absolute Gasteiger partial charge is 0.246 e. The summed E-state index contributed by atoms with van der Waals surface area (Å²) in [5.74, 6) is 0.424. The maximum atomic E-state index is 12.6. The lowest BCUT2D eigenvalue weighted by Crippen LogP contribution is -2.19. The first-order chi connectivity index (χ1) is 13.1. The van der Waals surface area contributed by atoms with Gasteiger partial charge in [-0.15, -0.1) is 11.3 Å². The number of H-pyrrole nitrogens is 1. The zero-order valence-electron chi connectivity index (χ0n) is 14.5. The van der Waals surface area contributed by atoms with Crippen LogP contribution in [0.25, 0.3) is 11.4 Å². The Bertz CT molecular complexity index is 998. The Morgan fingerprint density at radius 2 is 2.04 bits per heavy atom. The van der Waals surface area contributed by atoms with Gasteiger partial charge in [0.15, 0.2) is 15.7 Å². The SMILES string of the molecule is O=C(Cn1c(-c2ccc(Cl)cc2)n[nH]c1=S)Nc1nc2c(s1)CCCCC2. The van der Waals surface area contributed by atoms with Crippen molar-refractivity contribution in [2.45, 2.75) is 38.6 Å². The number of benzene rings is 1. The van der Waals surface area contributed by atoms with Crippen LogP contribution in [0.3, 0.4) is 0 Å². The molecular formula is C18H18ClN5OS2. The van der Waals surface area contributed by atoms with Crippen LogP contribution >= 0.6 is 35.2 Å². The number of carbonyl (C=O) groups excluding carboxylic acids is 1. The Labute approximate surface area is 170 Å². The third kappa shape index (κ3) is 4.12. The minimum Gasteiger partial charge on any atom is -0.300 e. The second kappa shape index (κ2) is 7.92. The molecule has 0 aliphatic heterocycles. The first-order valence-electron chi connectivity index (χ1n) is 8.80. The number of thiazole rings is 1. The van der Waals surface area contributed by atoms with Gasteiger partial charge in [0.2, 0.25) is 5.91 Å². The van der Waals surface area contributed by atoms with Crippen molar-refractivity contribution in [1.82, 2.24) is 19.7 Å². The number of aryl methyl sites for hydroxylation is 2. The van der Waals surface area contributed by atoms with Crippen LogP contribution < -0.4 is 5.32 Å². The topological polar surface area (TPSA) is 75.6 Å². The highest BCUT2D eigenvalue weighted by Crippen LogP contribution is 2.29. The molecule has 6 nitrogen and oxygen atoms in total. The average Bonchev–Trinajstić information content (AvgIpc) is 3.12. The van der Waals surface area contributed by atoms with Crippen LogP contribution in [0.2, 0.25) is 5.02 Å². The standard InChI is InChI=1S/C18H18ClN5OS2/c19-12-8-6-11(7-9-12)16-22-23-18(26)24(16)10-15(25)21-17-20-13-4-2-1-3-5-14(13)27-17/h6-9H,1-5,10H2,(H,23,26)(H,20,21,25). The molecule has 0 atom stereocenters. The molecule has 2 N–H and O–H groups in total. The van der Waals surface area contributed by atoms with E-state index in [1.54, 1.807) is 28.0 Å². The number of aromatic nitrogens is 4. The number of fused-ring (bicyclic) bond motifs is 1. The van der Waals surface area contributed by atoms with E-state index in [9.17, 15) is 4.79 Å². The van der Waals surface area contributed by atoms with Crippen molar-refractivity contribution in [1.29, 1.82) is 0 Å². The fourth-order valence-electron chi connectivity index (χ4n) is 3.17. The zero-order chi connectivity index (χ0) is 18.8. The fraction of sp³-hybridized carbons (Fsp3) is 0.333. The third-order valence-electron chi connectivity index (χ3n) is 4.50. The van der Waals surface area contributed by atoms with Crippen LogP contribution in [0.4, 0.5) is 5.13 Å². The number of aromatic amines is 1. The van der Waals surface area contributed by atoms with Crippen molar-refractivity contribution < 1.29 is 4.79 Å². The van der Waals surface area contributed by atoms with Crippen LogP contribution in [0.15, 0.2) is 24.3 Å². The van der Waals surface area contributed by atoms with Crippen molar-refractivity contribution >= 4 is 46.2 Å². The van der Waals surface area contributed by atoms with Gasteiger partial charge in [0.05, 0.1) is 5.69 Å². The molecule has 1 aliphatic rings. The number of hydrogen-bond donors (Lipinski definition) is 2. The van der Waals surface area contributed by atoms with E-state index in [0.29, 0.717) is 20.7 Å². The Balaban J connectivity index is 1.51. The van der Waals surface area contributed by atoms with Gasteiger partial charge in [0.1, 0.15) is 6.54 Å². The molecule has 1 aliphatic carbocycles. The molecule has 0 saturated heterocycles. The maximum absolute atomic E-state index is 12.6. The number of anilines is 1. The highest BCUT2D eigenvalue weighted by Gasteiger charge is 2.17. The lowest BCUT2D eigenvalue weighted by molar-refractivity contribution is -0.116. The van der Waals surface area contributed by atoms with Crippen molar-refractivity contribution in [3.8, 4) is 11.4 Å². The van der Waals surface area contributed by atoms with Crippen LogP contribution in [0.5, 0.6) is 0 Å². The Kier molecular flexibility index (Phi) is 5.38. The van der Waals surface area contributed by atoms with Gasteiger partial charge in [0.25, 0.3) is 0 Å². The predicted molar refractivity (Wildman–Crippen MR) is 110 cm³/mol. The summed E-state index contributed by atoms with van der Waals surface area (Å²) in [6.45, 7) is 0.0670. The first-order valence-corrected chi connectivity index (χ1v) is 10.4. The number of halogens is 1. The molecule has 0 unspecified atom stereocenters. The van der Waals surface area contributed by atoms with Gasteiger partial charge >= 0.3 is 0 Å². The van der Waals surface area contributed by atoms with Gasteiger partial charge in [-0.25, -0.2) is 4.98 Å². The lowest BCUT2D eigenvalue weighted by atomic mass is 10.2. The normalized spacial score (nSPS) is 13.8. The summed E-state index contributed by atoms with van der Waals surface area (Å²) < 4.78 is 2.07. The van der Waals surface area contributed by atoms with E-state index in [1.165, 1.54) is 24.1 Å². The summed E-state index contributed by atoms with van der Waals surface area (Å²) in [5, 5.41) is 11.2. The van der Waals surface area contributed by atoms with Gasteiger partial charge in [-0.1, -0.05) is 18.0 Å². The van der Waals surface area contributed by atoms with Gasteiger partial charge < -0.3 is 5.32 Å². The molecule has 0 saturated carbocycles. The number of nitrogens with zero attached hydrogens (tertiary/aromatic N) is 3. The second-order valence-corrected chi connectivity index (χ2v) is 8.35. The van der Waals surface area contributed by atoms with Gasteiger partial charge in [-0.05, 0) is 62.2 Å². The van der Waals surface area contributed by atoms with Crippen molar-refractivity contribution in [3.05, 3.63) is 44.6 Å². The third-order valence-corrected chi connectivity index (χ3v) is 6.14. The van der Waals surface area contributed by atoms with Crippen molar-refractivity contribution in [2.75, 3.05) is 5.32 Å². The van der Waals surface area contributed by atoms with Crippen molar-refractivity contribution in [2.24, 2.45) is 0 Å². The number of amides is 1. The molecule has 27 heavy (non-hydrogen) atoms. The maximum Gasteiger partial charge on any atom is 0.246 e. The molecule has 0 fully saturated rings. The molecule has 2 heterocycles. The van der Waals surface area contributed by atoms with Crippen LogP contribution in [0, 0.1) is 4.77 Å². The summed E-state index contributed by atoms with van der Waals surface area (Å²) in [4.78, 5) is 18.5. The first kappa shape index (κ1) is 18.3. The van der Waals surface area contributed by atoms with E-state index >= 15 is 0 Å². The Hall–Kier alpha value is -2.03. The van der Waals surface area contributed by atoms with Crippen molar-refractivity contribution in [3.63, 3.8) is 0 Å². The van der Waals surface area contributed by atoms with Gasteiger partial charge in [-0.2, -0.15) is 5.10 Å². The number of rotatable bonds is 4. The Morgan fingerprint density at radius 3 is 2.85 bits per heavy atom. The van der Waals surface area contributed by atoms with Gasteiger partial charge in [0, 0.05) is 15.5 Å². The van der Waals surface area contributed by atoms with E-state index in [1.807, 2.05) is 12.1 Å². The van der Waals surface area contributed by atoms with Crippen LogP contribution in [0.1, 0.15) is 29.8 Å². The lowest BCUT2D eigenvalue weighted by Gasteiger charge is -2.07. The number of nitrogens with one attached hydrogen (secondary N) is 2. The largest absolute Gasteiger partial charge is 0.300 e. The highest BCUT2D eigenvalue weighted by molar-refractivity contribution is 7.71.